The molecule has 0 aromatic heterocycles. The molecule has 0 unspecified atom stereocenters. The smallest absolute Gasteiger partial charge is 0.271 e. The number of anilines is 1. The number of hydrogen-bond donors (Lipinski definition) is 3. The van der Waals surface area contributed by atoms with E-state index >= 15 is 0 Å². The zero-order valence-electron chi connectivity index (χ0n) is 10.4. The molecule has 2 aromatic rings. The van der Waals surface area contributed by atoms with E-state index in [2.05, 4.69) is 5.32 Å². The third-order valence-electron chi connectivity index (χ3n) is 2.65. The monoisotopic (exact) mass is 308 g/mol. The van der Waals surface area contributed by atoms with Gasteiger partial charge in [0, 0.05) is 17.7 Å². The van der Waals surface area contributed by atoms with Crippen LogP contribution in [0.15, 0.2) is 36.4 Å². The van der Waals surface area contributed by atoms with E-state index in [1.165, 1.54) is 18.2 Å². The summed E-state index contributed by atoms with van der Waals surface area (Å²) >= 11 is 5.86. The zero-order valence-corrected chi connectivity index (χ0v) is 11.2. The second-order valence-electron chi connectivity index (χ2n) is 4.08. The SMILES string of the molecule is O=C(Nc1cc([N+](=O)[O-])ccc1Cl)c1ccc(O)c(O)c1. The molecule has 2 aromatic carbocycles. The number of phenolic OH excluding ortho intramolecular Hbond substituents is 2. The summed E-state index contributed by atoms with van der Waals surface area (Å²) in [5.74, 6) is -1.44. The second kappa shape index (κ2) is 5.68. The fourth-order valence-corrected chi connectivity index (χ4v) is 1.75. The lowest BCUT2D eigenvalue weighted by Crippen LogP contribution is -2.12. The number of nitro benzene ring substituents is 1. The van der Waals surface area contributed by atoms with Gasteiger partial charge in [0.1, 0.15) is 0 Å². The van der Waals surface area contributed by atoms with Crippen LogP contribution in [0.5, 0.6) is 11.5 Å². The zero-order chi connectivity index (χ0) is 15.6. The number of nitrogens with one attached hydrogen (secondary N) is 1. The maximum absolute atomic E-state index is 12.0. The summed E-state index contributed by atoms with van der Waals surface area (Å²) in [5.41, 5.74) is -0.0837. The predicted octanol–water partition coefficient (Wildman–Crippen LogP) is 2.91. The Morgan fingerprint density at radius 3 is 2.48 bits per heavy atom. The van der Waals surface area contributed by atoms with E-state index in [1.54, 1.807) is 0 Å². The summed E-state index contributed by atoms with van der Waals surface area (Å²) in [6, 6.07) is 7.14. The third-order valence-corrected chi connectivity index (χ3v) is 2.98. The Morgan fingerprint density at radius 2 is 1.86 bits per heavy atom. The Labute approximate surface area is 123 Å². The van der Waals surface area contributed by atoms with Crippen LogP contribution in [0.2, 0.25) is 5.02 Å². The van der Waals surface area contributed by atoms with E-state index in [4.69, 9.17) is 11.6 Å². The molecule has 0 saturated heterocycles. The molecular weight excluding hydrogens is 300 g/mol. The molecule has 2 rings (SSSR count). The first kappa shape index (κ1) is 14.6. The molecule has 0 saturated carbocycles. The third kappa shape index (κ3) is 3.21. The molecule has 7 nitrogen and oxygen atoms in total. The summed E-state index contributed by atoms with van der Waals surface area (Å²) in [6.07, 6.45) is 0. The molecule has 0 aliphatic heterocycles. The highest BCUT2D eigenvalue weighted by atomic mass is 35.5. The molecule has 0 radical (unpaired) electrons. The van der Waals surface area contributed by atoms with Gasteiger partial charge >= 0.3 is 0 Å². The van der Waals surface area contributed by atoms with E-state index in [-0.39, 0.29) is 27.7 Å². The maximum atomic E-state index is 12.0. The van der Waals surface area contributed by atoms with Gasteiger partial charge in [0.05, 0.1) is 15.6 Å². The van der Waals surface area contributed by atoms with Gasteiger partial charge in [0.2, 0.25) is 0 Å². The van der Waals surface area contributed by atoms with Crippen molar-refractivity contribution >= 4 is 28.9 Å². The van der Waals surface area contributed by atoms with E-state index in [9.17, 15) is 25.1 Å². The van der Waals surface area contributed by atoms with Crippen molar-refractivity contribution in [3.05, 3.63) is 57.1 Å². The first-order valence-corrected chi connectivity index (χ1v) is 6.03. The van der Waals surface area contributed by atoms with E-state index in [0.29, 0.717) is 0 Å². The fraction of sp³-hybridized carbons (Fsp3) is 0. The largest absolute Gasteiger partial charge is 0.504 e. The Morgan fingerprint density at radius 1 is 1.14 bits per heavy atom. The van der Waals surface area contributed by atoms with Crippen LogP contribution < -0.4 is 5.32 Å². The van der Waals surface area contributed by atoms with Crippen LogP contribution >= 0.6 is 11.6 Å². The average molecular weight is 309 g/mol. The average Bonchev–Trinajstić information content (AvgIpc) is 2.43. The number of carbonyl (C=O) groups is 1. The number of non-ortho nitro benzene ring substituents is 1. The van der Waals surface area contributed by atoms with Crippen molar-refractivity contribution in [3.8, 4) is 11.5 Å². The highest BCUT2D eigenvalue weighted by molar-refractivity contribution is 6.34. The number of amides is 1. The van der Waals surface area contributed by atoms with E-state index in [1.807, 2.05) is 0 Å². The summed E-state index contributed by atoms with van der Waals surface area (Å²) in [5, 5.41) is 31.7. The van der Waals surface area contributed by atoms with Crippen molar-refractivity contribution in [1.29, 1.82) is 0 Å². The first-order valence-electron chi connectivity index (χ1n) is 5.66. The number of halogens is 1. The maximum Gasteiger partial charge on any atom is 0.271 e. The van der Waals surface area contributed by atoms with Gasteiger partial charge in [-0.15, -0.1) is 0 Å². The molecule has 0 atom stereocenters. The van der Waals surface area contributed by atoms with Crippen molar-refractivity contribution in [2.45, 2.75) is 0 Å². The second-order valence-corrected chi connectivity index (χ2v) is 4.49. The number of phenols is 2. The number of hydrogen-bond acceptors (Lipinski definition) is 5. The quantitative estimate of drug-likeness (QED) is 0.458. The van der Waals surface area contributed by atoms with Crippen molar-refractivity contribution in [2.24, 2.45) is 0 Å². The molecule has 0 aliphatic rings. The molecule has 8 heteroatoms. The van der Waals surface area contributed by atoms with Gasteiger partial charge in [-0.25, -0.2) is 0 Å². The van der Waals surface area contributed by atoms with Crippen LogP contribution in [0.1, 0.15) is 10.4 Å². The van der Waals surface area contributed by atoms with Gasteiger partial charge < -0.3 is 15.5 Å². The Balaban J connectivity index is 2.28. The van der Waals surface area contributed by atoms with Crippen molar-refractivity contribution < 1.29 is 19.9 Å². The summed E-state index contributed by atoms with van der Waals surface area (Å²) < 4.78 is 0. The molecule has 0 bridgehead atoms. The van der Waals surface area contributed by atoms with E-state index < -0.39 is 16.6 Å². The molecule has 0 heterocycles. The fourth-order valence-electron chi connectivity index (χ4n) is 1.58. The van der Waals surface area contributed by atoms with Gasteiger partial charge in [-0.3, -0.25) is 14.9 Å². The highest BCUT2D eigenvalue weighted by Crippen LogP contribution is 2.28. The van der Waals surface area contributed by atoms with Crippen LogP contribution in [0.25, 0.3) is 0 Å². The molecule has 0 fully saturated rings. The van der Waals surface area contributed by atoms with Gasteiger partial charge in [-0.05, 0) is 24.3 Å². The van der Waals surface area contributed by atoms with Crippen molar-refractivity contribution in [3.63, 3.8) is 0 Å². The van der Waals surface area contributed by atoms with Crippen LogP contribution in [-0.2, 0) is 0 Å². The molecule has 0 aliphatic carbocycles. The van der Waals surface area contributed by atoms with Gasteiger partial charge in [0.25, 0.3) is 11.6 Å². The number of carbonyl (C=O) groups excluding carboxylic acids is 1. The minimum absolute atomic E-state index is 0.0628. The Kier molecular flexibility index (Phi) is 3.95. The predicted molar refractivity (Wildman–Crippen MR) is 75.8 cm³/mol. The molecular formula is C13H9ClN2O5. The van der Waals surface area contributed by atoms with Gasteiger partial charge in [-0.2, -0.15) is 0 Å². The number of rotatable bonds is 3. The summed E-state index contributed by atoms with van der Waals surface area (Å²) in [6.45, 7) is 0. The lowest BCUT2D eigenvalue weighted by molar-refractivity contribution is -0.384. The Bertz CT molecular complexity index is 732. The highest BCUT2D eigenvalue weighted by Gasteiger charge is 2.14. The molecule has 21 heavy (non-hydrogen) atoms. The van der Waals surface area contributed by atoms with Crippen molar-refractivity contribution in [1.82, 2.24) is 0 Å². The molecule has 1 amide bonds. The summed E-state index contributed by atoms with van der Waals surface area (Å²) in [7, 11) is 0. The minimum Gasteiger partial charge on any atom is -0.504 e. The number of benzene rings is 2. The topological polar surface area (TPSA) is 113 Å². The van der Waals surface area contributed by atoms with E-state index in [0.717, 1.165) is 18.2 Å². The molecule has 108 valence electrons. The molecule has 3 N–H and O–H groups in total. The summed E-state index contributed by atoms with van der Waals surface area (Å²) in [4.78, 5) is 22.1. The number of nitrogens with zero attached hydrogens (tertiary/aromatic N) is 1. The van der Waals surface area contributed by atoms with Crippen LogP contribution in [-0.4, -0.2) is 21.0 Å². The lowest BCUT2D eigenvalue weighted by Gasteiger charge is -2.08. The van der Waals surface area contributed by atoms with Crippen LogP contribution in [0.3, 0.4) is 0 Å². The molecule has 0 spiro atoms. The first-order chi connectivity index (χ1) is 9.88. The van der Waals surface area contributed by atoms with Crippen molar-refractivity contribution in [2.75, 3.05) is 5.32 Å². The van der Waals surface area contributed by atoms with Crippen LogP contribution in [0, 0.1) is 10.1 Å². The lowest BCUT2D eigenvalue weighted by atomic mass is 10.2. The Hall–Kier alpha value is -2.80. The van der Waals surface area contributed by atoms with Gasteiger partial charge in [-0.1, -0.05) is 11.6 Å². The van der Waals surface area contributed by atoms with Gasteiger partial charge in [0.15, 0.2) is 11.5 Å². The number of aromatic hydroxyl groups is 2. The van der Waals surface area contributed by atoms with Crippen LogP contribution in [0.4, 0.5) is 11.4 Å². The number of nitro groups is 1. The standard InChI is InChI=1S/C13H9ClN2O5/c14-9-3-2-8(16(20)21)6-10(9)15-13(19)7-1-4-11(17)12(18)5-7/h1-6,17-18H,(H,15,19). The minimum atomic E-state index is -0.632. The normalized spacial score (nSPS) is 10.1.